The molecule has 2 rings (SSSR count). The van der Waals surface area contributed by atoms with Crippen molar-refractivity contribution in [3.63, 3.8) is 0 Å². The zero-order chi connectivity index (χ0) is 13.1. The van der Waals surface area contributed by atoms with E-state index in [4.69, 9.17) is 17.3 Å². The van der Waals surface area contributed by atoms with E-state index in [-0.39, 0.29) is 24.2 Å². The number of hydrogen-bond donors (Lipinski definition) is 1. The summed E-state index contributed by atoms with van der Waals surface area (Å²) >= 11 is 5.97. The molecule has 0 spiro atoms. The highest BCUT2D eigenvalue weighted by atomic mass is 35.5. The van der Waals surface area contributed by atoms with E-state index in [2.05, 4.69) is 0 Å². The summed E-state index contributed by atoms with van der Waals surface area (Å²) in [5, 5.41) is 0.466. The van der Waals surface area contributed by atoms with Gasteiger partial charge in [0.1, 0.15) is 0 Å². The largest absolute Gasteiger partial charge is 0.369 e. The van der Waals surface area contributed by atoms with Gasteiger partial charge in [0.25, 0.3) is 0 Å². The molecule has 1 atom stereocenters. The van der Waals surface area contributed by atoms with Gasteiger partial charge in [0.05, 0.1) is 17.5 Å². The Hall–Kier alpha value is -1.39. The third kappa shape index (κ3) is 2.89. The Morgan fingerprint density at radius 3 is 2.72 bits per heavy atom. The van der Waals surface area contributed by atoms with Crippen molar-refractivity contribution in [3.8, 4) is 0 Å². The molecule has 2 N–H and O–H groups in total. The Labute approximate surface area is 111 Å². The first-order valence-corrected chi connectivity index (χ1v) is 6.25. The number of carbonyl (C=O) groups excluding carboxylic acids is 2. The number of hydrogen-bond acceptors (Lipinski definition) is 3. The van der Waals surface area contributed by atoms with Crippen molar-refractivity contribution in [1.29, 1.82) is 0 Å². The number of carbonyl (C=O) groups is 2. The van der Waals surface area contributed by atoms with Gasteiger partial charge in [-0.3, -0.25) is 14.5 Å². The van der Waals surface area contributed by atoms with Gasteiger partial charge >= 0.3 is 0 Å². The minimum atomic E-state index is -0.289. The Morgan fingerprint density at radius 2 is 2.11 bits per heavy atom. The summed E-state index contributed by atoms with van der Waals surface area (Å²) in [6.45, 7) is 1.57. The van der Waals surface area contributed by atoms with Crippen molar-refractivity contribution in [3.05, 3.63) is 34.9 Å². The summed E-state index contributed by atoms with van der Waals surface area (Å²) in [5.74, 6) is -0.447. The first-order valence-electron chi connectivity index (χ1n) is 5.87. The predicted octanol–water partition coefficient (Wildman–Crippen LogP) is 1.33. The number of rotatable bonds is 4. The molecule has 5 heteroatoms. The van der Waals surface area contributed by atoms with Gasteiger partial charge in [-0.2, -0.15) is 0 Å². The summed E-state index contributed by atoms with van der Waals surface area (Å²) < 4.78 is 0. The van der Waals surface area contributed by atoms with Gasteiger partial charge in [-0.15, -0.1) is 0 Å². The molecule has 1 fully saturated rings. The lowest BCUT2D eigenvalue weighted by molar-refractivity contribution is -0.121. The topological polar surface area (TPSA) is 63.4 Å². The molecule has 1 unspecified atom stereocenters. The average Bonchev–Trinajstić information content (AvgIpc) is 2.78. The molecule has 1 aliphatic rings. The molecule has 0 saturated carbocycles. The van der Waals surface area contributed by atoms with Crippen LogP contribution in [0.25, 0.3) is 0 Å². The smallest absolute Gasteiger partial charge is 0.221 e. The molecule has 4 nitrogen and oxygen atoms in total. The number of ketones is 1. The molecule has 96 valence electrons. The standard InChI is InChI=1S/C13H15ClN2O2/c14-11-4-2-1-3-10(11)12(17)8-16-6-5-9(7-16)13(15)18/h1-4,9H,5-8H2,(H2,15,18). The number of Topliss-reactive ketones (excluding diaryl/α,β-unsaturated/α-hetero) is 1. The molecule has 0 radical (unpaired) electrons. The molecule has 0 aromatic heterocycles. The summed E-state index contributed by atoms with van der Waals surface area (Å²) in [5.41, 5.74) is 5.78. The molecule has 0 aliphatic carbocycles. The van der Waals surface area contributed by atoms with E-state index >= 15 is 0 Å². The Bertz CT molecular complexity index is 476. The lowest BCUT2D eigenvalue weighted by Gasteiger charge is -2.14. The maximum Gasteiger partial charge on any atom is 0.221 e. The second-order valence-electron chi connectivity index (χ2n) is 4.53. The molecule has 1 aliphatic heterocycles. The van der Waals surface area contributed by atoms with Crippen molar-refractivity contribution in [2.24, 2.45) is 11.7 Å². The molecular weight excluding hydrogens is 252 g/mol. The highest BCUT2D eigenvalue weighted by molar-refractivity contribution is 6.34. The molecule has 1 saturated heterocycles. The molecule has 18 heavy (non-hydrogen) atoms. The summed E-state index contributed by atoms with van der Waals surface area (Å²) in [6.07, 6.45) is 0.727. The minimum absolute atomic E-state index is 0.0225. The number of amides is 1. The van der Waals surface area contributed by atoms with Gasteiger partial charge in [0.2, 0.25) is 5.91 Å². The summed E-state index contributed by atoms with van der Waals surface area (Å²) in [7, 11) is 0. The number of primary amides is 1. The molecule has 1 amide bonds. The number of nitrogens with two attached hydrogens (primary N) is 1. The van der Waals surface area contributed by atoms with Crippen LogP contribution >= 0.6 is 11.6 Å². The van der Waals surface area contributed by atoms with Crippen LogP contribution < -0.4 is 5.73 Å². The number of nitrogens with zero attached hydrogens (tertiary/aromatic N) is 1. The van der Waals surface area contributed by atoms with Crippen molar-refractivity contribution in [2.45, 2.75) is 6.42 Å². The van der Waals surface area contributed by atoms with E-state index in [1.165, 1.54) is 0 Å². The van der Waals surface area contributed by atoms with Crippen LogP contribution in [0.5, 0.6) is 0 Å². The molecule has 0 bridgehead atoms. The Balaban J connectivity index is 1.97. The Kier molecular flexibility index (Phi) is 3.99. The SMILES string of the molecule is NC(=O)C1CCN(CC(=O)c2ccccc2Cl)C1. The van der Waals surface area contributed by atoms with Crippen LogP contribution in [-0.2, 0) is 4.79 Å². The first kappa shape index (κ1) is 13.1. The minimum Gasteiger partial charge on any atom is -0.369 e. The van der Waals surface area contributed by atoms with Crippen LogP contribution in [0.2, 0.25) is 5.02 Å². The Morgan fingerprint density at radius 1 is 1.39 bits per heavy atom. The zero-order valence-electron chi connectivity index (χ0n) is 9.93. The van der Waals surface area contributed by atoms with E-state index in [0.29, 0.717) is 17.1 Å². The van der Waals surface area contributed by atoms with Crippen LogP contribution in [-0.4, -0.2) is 36.2 Å². The van der Waals surface area contributed by atoms with E-state index in [0.717, 1.165) is 13.0 Å². The first-order chi connectivity index (χ1) is 8.58. The van der Waals surface area contributed by atoms with E-state index in [9.17, 15) is 9.59 Å². The van der Waals surface area contributed by atoms with Gasteiger partial charge in [-0.25, -0.2) is 0 Å². The van der Waals surface area contributed by atoms with Gasteiger partial charge in [0.15, 0.2) is 5.78 Å². The van der Waals surface area contributed by atoms with Gasteiger partial charge in [-0.05, 0) is 25.1 Å². The van der Waals surface area contributed by atoms with Crippen molar-refractivity contribution < 1.29 is 9.59 Å². The molecule has 1 aromatic carbocycles. The summed E-state index contributed by atoms with van der Waals surface area (Å²) in [4.78, 5) is 25.0. The number of benzene rings is 1. The third-order valence-electron chi connectivity index (χ3n) is 3.22. The van der Waals surface area contributed by atoms with Gasteiger partial charge in [-0.1, -0.05) is 23.7 Å². The zero-order valence-corrected chi connectivity index (χ0v) is 10.7. The van der Waals surface area contributed by atoms with Crippen LogP contribution in [0.3, 0.4) is 0 Å². The second-order valence-corrected chi connectivity index (χ2v) is 4.93. The van der Waals surface area contributed by atoms with Crippen LogP contribution in [0.4, 0.5) is 0 Å². The molecular formula is C13H15ClN2O2. The van der Waals surface area contributed by atoms with Crippen LogP contribution in [0.15, 0.2) is 24.3 Å². The fourth-order valence-electron chi connectivity index (χ4n) is 2.18. The van der Waals surface area contributed by atoms with E-state index in [1.807, 2.05) is 4.90 Å². The predicted molar refractivity (Wildman–Crippen MR) is 69.5 cm³/mol. The normalized spacial score (nSPS) is 19.9. The summed E-state index contributed by atoms with van der Waals surface area (Å²) in [6, 6.07) is 6.99. The third-order valence-corrected chi connectivity index (χ3v) is 3.55. The number of likely N-dealkylation sites (tertiary alicyclic amines) is 1. The number of halogens is 1. The van der Waals surface area contributed by atoms with Crippen LogP contribution in [0.1, 0.15) is 16.8 Å². The molecule has 1 aromatic rings. The lowest BCUT2D eigenvalue weighted by Crippen LogP contribution is -2.31. The van der Waals surface area contributed by atoms with Gasteiger partial charge < -0.3 is 5.73 Å². The maximum atomic E-state index is 12.1. The highest BCUT2D eigenvalue weighted by Gasteiger charge is 2.28. The quantitative estimate of drug-likeness (QED) is 0.837. The average molecular weight is 267 g/mol. The fraction of sp³-hybridized carbons (Fsp3) is 0.385. The maximum absolute atomic E-state index is 12.1. The second kappa shape index (κ2) is 5.50. The van der Waals surface area contributed by atoms with E-state index < -0.39 is 0 Å². The van der Waals surface area contributed by atoms with Crippen molar-refractivity contribution in [1.82, 2.24) is 4.90 Å². The fourth-order valence-corrected chi connectivity index (χ4v) is 2.43. The molecule has 1 heterocycles. The van der Waals surface area contributed by atoms with Crippen LogP contribution in [0, 0.1) is 5.92 Å². The van der Waals surface area contributed by atoms with Gasteiger partial charge in [0, 0.05) is 12.1 Å². The highest BCUT2D eigenvalue weighted by Crippen LogP contribution is 2.19. The monoisotopic (exact) mass is 266 g/mol. The van der Waals surface area contributed by atoms with Crippen molar-refractivity contribution >= 4 is 23.3 Å². The van der Waals surface area contributed by atoms with Crippen molar-refractivity contribution in [2.75, 3.05) is 19.6 Å². The van der Waals surface area contributed by atoms with E-state index in [1.54, 1.807) is 24.3 Å². The lowest BCUT2D eigenvalue weighted by atomic mass is 10.1.